The third-order valence-electron chi connectivity index (χ3n) is 2.95. The van der Waals surface area contributed by atoms with Crippen molar-refractivity contribution in [1.82, 2.24) is 10.6 Å². The lowest BCUT2D eigenvalue weighted by Gasteiger charge is -2.08. The number of rotatable bonds is 5. The minimum absolute atomic E-state index is 0.163. The van der Waals surface area contributed by atoms with Gasteiger partial charge >= 0.3 is 6.03 Å². The largest absolute Gasteiger partial charge is 0.338 e. The third-order valence-corrected chi connectivity index (χ3v) is 3.70. The Hall–Kier alpha value is -1.52. The average Bonchev–Trinajstić information content (AvgIpc) is 2.47. The van der Waals surface area contributed by atoms with Crippen LogP contribution in [0.15, 0.2) is 53.0 Å². The van der Waals surface area contributed by atoms with E-state index in [0.29, 0.717) is 13.1 Å². The van der Waals surface area contributed by atoms with Crippen LogP contribution in [-0.2, 0) is 13.0 Å². The predicted molar refractivity (Wildman–Crippen MR) is 89.5 cm³/mol. The SMILES string of the molecule is O=C(NCCc1ccc(Cl)cc1)NCc1cccc(Br)c1. The van der Waals surface area contributed by atoms with E-state index in [1.807, 2.05) is 48.5 Å². The van der Waals surface area contributed by atoms with Gasteiger partial charge < -0.3 is 10.6 Å². The minimum atomic E-state index is -0.163. The first-order valence-electron chi connectivity index (χ1n) is 6.64. The van der Waals surface area contributed by atoms with Crippen molar-refractivity contribution < 1.29 is 4.79 Å². The fraction of sp³-hybridized carbons (Fsp3) is 0.188. The molecule has 0 aliphatic carbocycles. The summed E-state index contributed by atoms with van der Waals surface area (Å²) >= 11 is 9.23. The zero-order valence-corrected chi connectivity index (χ0v) is 13.7. The molecule has 0 aromatic heterocycles. The Morgan fingerprint density at radius 1 is 1.05 bits per heavy atom. The summed E-state index contributed by atoms with van der Waals surface area (Å²) in [4.78, 5) is 11.7. The van der Waals surface area contributed by atoms with Gasteiger partial charge in [0.2, 0.25) is 0 Å². The summed E-state index contributed by atoms with van der Waals surface area (Å²) < 4.78 is 1.00. The molecule has 2 aromatic carbocycles. The van der Waals surface area contributed by atoms with E-state index in [1.165, 1.54) is 0 Å². The topological polar surface area (TPSA) is 41.1 Å². The van der Waals surface area contributed by atoms with Crippen LogP contribution in [0.2, 0.25) is 5.02 Å². The van der Waals surface area contributed by atoms with Gasteiger partial charge in [-0.05, 0) is 41.8 Å². The van der Waals surface area contributed by atoms with Crippen molar-refractivity contribution in [3.05, 3.63) is 69.2 Å². The summed E-state index contributed by atoms with van der Waals surface area (Å²) in [6, 6.07) is 15.3. The molecular formula is C16H16BrClN2O. The van der Waals surface area contributed by atoms with Gasteiger partial charge in [-0.3, -0.25) is 0 Å². The molecule has 2 rings (SSSR count). The molecule has 2 N–H and O–H groups in total. The van der Waals surface area contributed by atoms with Crippen molar-refractivity contribution in [2.75, 3.05) is 6.54 Å². The van der Waals surface area contributed by atoms with Gasteiger partial charge in [-0.1, -0.05) is 51.8 Å². The molecule has 0 atom stereocenters. The van der Waals surface area contributed by atoms with Crippen LogP contribution >= 0.6 is 27.5 Å². The van der Waals surface area contributed by atoms with E-state index in [9.17, 15) is 4.79 Å². The van der Waals surface area contributed by atoms with Crippen LogP contribution in [0.5, 0.6) is 0 Å². The van der Waals surface area contributed by atoms with Crippen LogP contribution < -0.4 is 10.6 Å². The highest BCUT2D eigenvalue weighted by Gasteiger charge is 2.01. The Morgan fingerprint density at radius 2 is 1.81 bits per heavy atom. The highest BCUT2D eigenvalue weighted by molar-refractivity contribution is 9.10. The maximum absolute atomic E-state index is 11.7. The molecule has 2 aromatic rings. The molecular weight excluding hydrogens is 352 g/mol. The van der Waals surface area contributed by atoms with Gasteiger partial charge in [0.1, 0.15) is 0 Å². The standard InChI is InChI=1S/C16H16BrClN2O/c17-14-3-1-2-13(10-14)11-20-16(21)19-9-8-12-4-6-15(18)7-5-12/h1-7,10H,8-9,11H2,(H2,19,20,21). The minimum Gasteiger partial charge on any atom is -0.338 e. The van der Waals surface area contributed by atoms with Crippen molar-refractivity contribution in [2.45, 2.75) is 13.0 Å². The number of carbonyl (C=O) groups excluding carboxylic acids is 1. The van der Waals surface area contributed by atoms with Crippen molar-refractivity contribution in [3.8, 4) is 0 Å². The molecule has 0 heterocycles. The summed E-state index contributed by atoms with van der Waals surface area (Å²) in [5.41, 5.74) is 2.20. The van der Waals surface area contributed by atoms with E-state index in [2.05, 4.69) is 26.6 Å². The predicted octanol–water partition coefficient (Wildman–Crippen LogP) is 4.14. The number of carbonyl (C=O) groups is 1. The number of nitrogens with one attached hydrogen (secondary N) is 2. The van der Waals surface area contributed by atoms with E-state index in [1.54, 1.807) is 0 Å². The second kappa shape index (κ2) is 8.05. The van der Waals surface area contributed by atoms with Gasteiger partial charge in [0.25, 0.3) is 0 Å². The van der Waals surface area contributed by atoms with Crippen molar-refractivity contribution >= 4 is 33.6 Å². The van der Waals surface area contributed by atoms with Crippen LogP contribution in [0.25, 0.3) is 0 Å². The Kier molecular flexibility index (Phi) is 6.08. The van der Waals surface area contributed by atoms with Crippen LogP contribution in [0.3, 0.4) is 0 Å². The zero-order valence-electron chi connectivity index (χ0n) is 11.4. The molecule has 0 radical (unpaired) electrons. The van der Waals surface area contributed by atoms with Gasteiger partial charge in [-0.25, -0.2) is 4.79 Å². The maximum atomic E-state index is 11.7. The first-order valence-corrected chi connectivity index (χ1v) is 7.81. The molecule has 3 nitrogen and oxygen atoms in total. The van der Waals surface area contributed by atoms with E-state index in [4.69, 9.17) is 11.6 Å². The van der Waals surface area contributed by atoms with E-state index < -0.39 is 0 Å². The van der Waals surface area contributed by atoms with Crippen molar-refractivity contribution in [3.63, 3.8) is 0 Å². The van der Waals surface area contributed by atoms with Crippen LogP contribution in [0.1, 0.15) is 11.1 Å². The number of halogens is 2. The molecule has 21 heavy (non-hydrogen) atoms. The summed E-state index contributed by atoms with van der Waals surface area (Å²) in [6.07, 6.45) is 0.779. The first-order chi connectivity index (χ1) is 10.1. The molecule has 0 saturated heterocycles. The molecule has 0 bridgehead atoms. The van der Waals surface area contributed by atoms with Gasteiger partial charge in [-0.2, -0.15) is 0 Å². The molecule has 5 heteroatoms. The van der Waals surface area contributed by atoms with Gasteiger partial charge in [-0.15, -0.1) is 0 Å². The normalized spacial score (nSPS) is 10.2. The second-order valence-corrected chi connectivity index (χ2v) is 5.97. The highest BCUT2D eigenvalue weighted by atomic mass is 79.9. The molecule has 0 aliphatic rings. The smallest absolute Gasteiger partial charge is 0.315 e. The molecule has 0 unspecified atom stereocenters. The monoisotopic (exact) mass is 366 g/mol. The Bertz CT molecular complexity index is 601. The van der Waals surface area contributed by atoms with E-state index in [0.717, 1.165) is 27.0 Å². The lowest BCUT2D eigenvalue weighted by atomic mass is 10.1. The second-order valence-electron chi connectivity index (χ2n) is 4.62. The lowest BCUT2D eigenvalue weighted by Crippen LogP contribution is -2.36. The van der Waals surface area contributed by atoms with Gasteiger partial charge in [0.05, 0.1) is 0 Å². The maximum Gasteiger partial charge on any atom is 0.315 e. The molecule has 2 amide bonds. The molecule has 0 spiro atoms. The summed E-state index contributed by atoms with van der Waals surface area (Å²) in [6.45, 7) is 1.10. The van der Waals surface area contributed by atoms with E-state index in [-0.39, 0.29) is 6.03 Å². The molecule has 0 aliphatic heterocycles. The number of hydrogen-bond acceptors (Lipinski definition) is 1. The van der Waals surface area contributed by atoms with Gasteiger partial charge in [0.15, 0.2) is 0 Å². The molecule has 0 fully saturated rings. The van der Waals surface area contributed by atoms with Gasteiger partial charge in [0, 0.05) is 22.6 Å². The molecule has 110 valence electrons. The molecule has 0 saturated carbocycles. The summed E-state index contributed by atoms with van der Waals surface area (Å²) in [5, 5.41) is 6.39. The van der Waals surface area contributed by atoms with Crippen molar-refractivity contribution in [2.24, 2.45) is 0 Å². The van der Waals surface area contributed by atoms with Crippen LogP contribution in [0.4, 0.5) is 4.79 Å². The number of hydrogen-bond donors (Lipinski definition) is 2. The average molecular weight is 368 g/mol. The van der Waals surface area contributed by atoms with E-state index >= 15 is 0 Å². The summed E-state index contributed by atoms with van der Waals surface area (Å²) in [7, 11) is 0. The third kappa shape index (κ3) is 5.78. The Labute approximate surface area is 137 Å². The Morgan fingerprint density at radius 3 is 2.52 bits per heavy atom. The van der Waals surface area contributed by atoms with Crippen LogP contribution in [0, 0.1) is 0 Å². The zero-order chi connectivity index (χ0) is 15.1. The van der Waals surface area contributed by atoms with Crippen molar-refractivity contribution in [1.29, 1.82) is 0 Å². The lowest BCUT2D eigenvalue weighted by molar-refractivity contribution is 0.240. The van der Waals surface area contributed by atoms with Crippen LogP contribution in [-0.4, -0.2) is 12.6 Å². The highest BCUT2D eigenvalue weighted by Crippen LogP contribution is 2.11. The summed E-state index contributed by atoms with van der Waals surface area (Å²) in [5.74, 6) is 0. The number of benzene rings is 2. The Balaban J connectivity index is 1.69. The fourth-order valence-electron chi connectivity index (χ4n) is 1.86. The fourth-order valence-corrected chi connectivity index (χ4v) is 2.44. The quantitative estimate of drug-likeness (QED) is 0.819. The number of amides is 2. The number of urea groups is 1. The first kappa shape index (κ1) is 15.9.